The molecular weight excluding hydrogens is 302 g/mol. The number of carbonyl (C=O) groups is 1. The maximum absolute atomic E-state index is 11.9. The minimum absolute atomic E-state index is 0.124. The Balaban J connectivity index is 1.61. The van der Waals surface area contributed by atoms with Crippen molar-refractivity contribution in [3.05, 3.63) is 29.8 Å². The summed E-state index contributed by atoms with van der Waals surface area (Å²) >= 11 is 0. The summed E-state index contributed by atoms with van der Waals surface area (Å²) in [4.78, 5) is 14.4. The van der Waals surface area contributed by atoms with Crippen LogP contribution in [0, 0.1) is 11.8 Å². The Kier molecular flexibility index (Phi) is 7.37. The third kappa shape index (κ3) is 6.04. The van der Waals surface area contributed by atoms with Gasteiger partial charge in [-0.25, -0.2) is 4.79 Å². The molecule has 2 rings (SSSR count). The first-order valence-electron chi connectivity index (χ1n) is 8.94. The average Bonchev–Trinajstić information content (AvgIpc) is 2.56. The highest BCUT2D eigenvalue weighted by molar-refractivity contribution is 5.73. The summed E-state index contributed by atoms with van der Waals surface area (Å²) in [6.07, 6.45) is 2.32. The van der Waals surface area contributed by atoms with Gasteiger partial charge in [-0.3, -0.25) is 0 Å². The Morgan fingerprint density at radius 3 is 2.62 bits per heavy atom. The Bertz CT molecular complexity index is 511. The van der Waals surface area contributed by atoms with E-state index in [-0.39, 0.29) is 6.03 Å². The van der Waals surface area contributed by atoms with Crippen molar-refractivity contribution in [3.63, 3.8) is 0 Å². The van der Waals surface area contributed by atoms with E-state index < -0.39 is 0 Å². The molecule has 2 N–H and O–H groups in total. The second kappa shape index (κ2) is 9.52. The minimum atomic E-state index is -0.124. The first-order chi connectivity index (χ1) is 11.6. The summed E-state index contributed by atoms with van der Waals surface area (Å²) in [7, 11) is 1.64. The van der Waals surface area contributed by atoms with Gasteiger partial charge in [0.05, 0.1) is 7.11 Å². The zero-order valence-electron chi connectivity index (χ0n) is 15.2. The van der Waals surface area contributed by atoms with Crippen LogP contribution in [0.5, 0.6) is 5.75 Å². The molecule has 0 radical (unpaired) electrons. The maximum Gasteiger partial charge on any atom is 0.315 e. The molecule has 1 aromatic rings. The number of methoxy groups -OCH3 is 1. The predicted octanol–water partition coefficient (Wildman–Crippen LogP) is 2.86. The Labute approximate surface area is 145 Å². The lowest BCUT2D eigenvalue weighted by Gasteiger charge is -2.34. The second-order valence-electron chi connectivity index (χ2n) is 6.98. The van der Waals surface area contributed by atoms with E-state index in [4.69, 9.17) is 4.74 Å². The summed E-state index contributed by atoms with van der Waals surface area (Å²) in [6, 6.07) is 7.59. The van der Waals surface area contributed by atoms with Gasteiger partial charge in [0.1, 0.15) is 5.75 Å². The molecule has 5 heteroatoms. The molecule has 0 spiro atoms. The SMILES string of the molecule is COc1ccccc1CNC(=O)NCCCN1C[C@H](C)C[C@H](C)C1. The van der Waals surface area contributed by atoms with E-state index in [1.54, 1.807) is 7.11 Å². The van der Waals surface area contributed by atoms with Crippen molar-refractivity contribution in [1.29, 1.82) is 0 Å². The molecule has 0 bridgehead atoms. The van der Waals surface area contributed by atoms with Gasteiger partial charge in [-0.2, -0.15) is 0 Å². The highest BCUT2D eigenvalue weighted by Crippen LogP contribution is 2.20. The van der Waals surface area contributed by atoms with Gasteiger partial charge < -0.3 is 20.3 Å². The molecule has 0 aliphatic carbocycles. The number of para-hydroxylation sites is 1. The summed E-state index contributed by atoms with van der Waals surface area (Å²) in [5.74, 6) is 2.36. The van der Waals surface area contributed by atoms with Crippen LogP contribution in [0.4, 0.5) is 4.79 Å². The van der Waals surface area contributed by atoms with Gasteiger partial charge >= 0.3 is 6.03 Å². The molecule has 24 heavy (non-hydrogen) atoms. The zero-order chi connectivity index (χ0) is 17.4. The first-order valence-corrected chi connectivity index (χ1v) is 8.94. The molecule has 1 aromatic carbocycles. The van der Waals surface area contributed by atoms with Crippen molar-refractivity contribution in [3.8, 4) is 5.75 Å². The van der Waals surface area contributed by atoms with E-state index in [1.807, 2.05) is 24.3 Å². The quantitative estimate of drug-likeness (QED) is 0.755. The monoisotopic (exact) mass is 333 g/mol. The third-order valence-electron chi connectivity index (χ3n) is 4.51. The van der Waals surface area contributed by atoms with Crippen molar-refractivity contribution in [2.45, 2.75) is 33.2 Å². The highest BCUT2D eigenvalue weighted by Gasteiger charge is 2.20. The largest absolute Gasteiger partial charge is 0.496 e. The van der Waals surface area contributed by atoms with E-state index in [2.05, 4.69) is 29.4 Å². The fraction of sp³-hybridized carbons (Fsp3) is 0.632. The van der Waals surface area contributed by atoms with Crippen LogP contribution in [0.1, 0.15) is 32.3 Å². The van der Waals surface area contributed by atoms with Gasteiger partial charge in [0.25, 0.3) is 0 Å². The molecule has 0 aromatic heterocycles. The van der Waals surface area contributed by atoms with Gasteiger partial charge in [-0.15, -0.1) is 0 Å². The molecule has 5 nitrogen and oxygen atoms in total. The Hall–Kier alpha value is -1.75. The minimum Gasteiger partial charge on any atom is -0.496 e. The van der Waals surface area contributed by atoms with Crippen molar-refractivity contribution in [2.24, 2.45) is 11.8 Å². The third-order valence-corrected chi connectivity index (χ3v) is 4.51. The fourth-order valence-electron chi connectivity index (χ4n) is 3.57. The summed E-state index contributed by atoms with van der Waals surface area (Å²) in [5, 5.41) is 5.82. The zero-order valence-corrected chi connectivity index (χ0v) is 15.2. The topological polar surface area (TPSA) is 53.6 Å². The van der Waals surface area contributed by atoms with E-state index >= 15 is 0 Å². The summed E-state index contributed by atoms with van der Waals surface area (Å²) < 4.78 is 5.28. The second-order valence-corrected chi connectivity index (χ2v) is 6.98. The molecule has 0 unspecified atom stereocenters. The molecule has 1 aliphatic rings. The van der Waals surface area contributed by atoms with Crippen molar-refractivity contribution in [1.82, 2.24) is 15.5 Å². The first kappa shape index (κ1) is 18.6. The molecule has 0 saturated carbocycles. The van der Waals surface area contributed by atoms with Crippen LogP contribution < -0.4 is 15.4 Å². The molecule has 1 fully saturated rings. The van der Waals surface area contributed by atoms with Crippen LogP contribution in [0.3, 0.4) is 0 Å². The van der Waals surface area contributed by atoms with Crippen LogP contribution >= 0.6 is 0 Å². The number of nitrogens with one attached hydrogen (secondary N) is 2. The maximum atomic E-state index is 11.9. The summed E-state index contributed by atoms with van der Waals surface area (Å²) in [5.41, 5.74) is 0.978. The lowest BCUT2D eigenvalue weighted by atomic mass is 9.92. The number of rotatable bonds is 7. The number of likely N-dealkylation sites (tertiary alicyclic amines) is 1. The number of hydrogen-bond acceptors (Lipinski definition) is 3. The Morgan fingerprint density at radius 2 is 1.92 bits per heavy atom. The highest BCUT2D eigenvalue weighted by atomic mass is 16.5. The predicted molar refractivity (Wildman–Crippen MR) is 97.2 cm³/mol. The van der Waals surface area contributed by atoms with Crippen LogP contribution in [0.2, 0.25) is 0 Å². The molecule has 1 heterocycles. The number of ether oxygens (including phenoxy) is 1. The molecule has 2 amide bonds. The molecule has 1 saturated heterocycles. The van der Waals surface area contributed by atoms with E-state index in [1.165, 1.54) is 19.5 Å². The van der Waals surface area contributed by atoms with Gasteiger partial charge in [0.15, 0.2) is 0 Å². The number of carbonyl (C=O) groups excluding carboxylic acids is 1. The molecular formula is C19H31N3O2. The Morgan fingerprint density at radius 1 is 1.21 bits per heavy atom. The number of urea groups is 1. The fourth-order valence-corrected chi connectivity index (χ4v) is 3.57. The average molecular weight is 333 g/mol. The lowest BCUT2D eigenvalue weighted by Crippen LogP contribution is -2.41. The standard InChI is InChI=1S/C19H31N3O2/c1-15-11-16(2)14-22(13-15)10-6-9-20-19(23)21-12-17-7-4-5-8-18(17)24-3/h4-5,7-8,15-16H,6,9-14H2,1-3H3,(H2,20,21,23)/t15-,16+. The van der Waals surface area contributed by atoms with Crippen LogP contribution in [-0.4, -0.2) is 44.2 Å². The van der Waals surface area contributed by atoms with Crippen molar-refractivity contribution >= 4 is 6.03 Å². The smallest absolute Gasteiger partial charge is 0.315 e. The number of hydrogen-bond donors (Lipinski definition) is 2. The van der Waals surface area contributed by atoms with Gasteiger partial charge in [-0.1, -0.05) is 32.0 Å². The van der Waals surface area contributed by atoms with Crippen LogP contribution in [0.25, 0.3) is 0 Å². The summed E-state index contributed by atoms with van der Waals surface area (Å²) in [6.45, 7) is 9.25. The van der Waals surface area contributed by atoms with Crippen molar-refractivity contribution in [2.75, 3.05) is 33.3 Å². The normalized spacial score (nSPS) is 21.3. The molecule has 2 atom stereocenters. The number of benzene rings is 1. The van der Waals surface area contributed by atoms with Gasteiger partial charge in [0.2, 0.25) is 0 Å². The lowest BCUT2D eigenvalue weighted by molar-refractivity contribution is 0.139. The van der Waals surface area contributed by atoms with Gasteiger partial charge in [0, 0.05) is 31.7 Å². The van der Waals surface area contributed by atoms with Crippen LogP contribution in [0.15, 0.2) is 24.3 Å². The number of nitrogens with zero attached hydrogens (tertiary/aromatic N) is 1. The van der Waals surface area contributed by atoms with E-state index in [9.17, 15) is 4.79 Å². The van der Waals surface area contributed by atoms with Crippen LogP contribution in [-0.2, 0) is 6.54 Å². The molecule has 134 valence electrons. The van der Waals surface area contributed by atoms with E-state index in [0.29, 0.717) is 13.1 Å². The van der Waals surface area contributed by atoms with E-state index in [0.717, 1.165) is 36.1 Å². The number of amides is 2. The molecule has 1 aliphatic heterocycles. The number of piperidine rings is 1. The van der Waals surface area contributed by atoms with Crippen molar-refractivity contribution < 1.29 is 9.53 Å². The van der Waals surface area contributed by atoms with Gasteiger partial charge in [-0.05, 0) is 37.3 Å².